The first-order valence-corrected chi connectivity index (χ1v) is 9.40. The summed E-state index contributed by atoms with van der Waals surface area (Å²) >= 11 is 0. The number of nitrogens with one attached hydrogen (secondary N) is 2. The number of hydrogen-bond acceptors (Lipinski definition) is 4. The zero-order valence-corrected chi connectivity index (χ0v) is 15.3. The average Bonchev–Trinajstić information content (AvgIpc) is 2.69. The number of quaternary nitrogens is 1. The van der Waals surface area contributed by atoms with Gasteiger partial charge in [0.2, 0.25) is 5.95 Å². The number of fused-ring (bicyclic) bond motifs is 1. The summed E-state index contributed by atoms with van der Waals surface area (Å²) in [6.07, 6.45) is 0.979. The van der Waals surface area contributed by atoms with Gasteiger partial charge in [0, 0.05) is 11.9 Å². The van der Waals surface area contributed by atoms with Crippen molar-refractivity contribution in [3.63, 3.8) is 0 Å². The van der Waals surface area contributed by atoms with Crippen LogP contribution in [0.2, 0.25) is 0 Å². The zero-order chi connectivity index (χ0) is 17.8. The molecule has 2 heterocycles. The van der Waals surface area contributed by atoms with E-state index in [1.165, 1.54) is 5.56 Å². The summed E-state index contributed by atoms with van der Waals surface area (Å²) in [6, 6.07) is 18.8. The van der Waals surface area contributed by atoms with E-state index in [4.69, 9.17) is 9.97 Å². The van der Waals surface area contributed by atoms with Crippen molar-refractivity contribution in [1.82, 2.24) is 9.97 Å². The van der Waals surface area contributed by atoms with E-state index < -0.39 is 0 Å². The maximum absolute atomic E-state index is 4.88. The van der Waals surface area contributed by atoms with Crippen molar-refractivity contribution < 1.29 is 4.90 Å². The van der Waals surface area contributed by atoms with Gasteiger partial charge in [0.05, 0.1) is 38.7 Å². The Labute approximate surface area is 154 Å². The predicted molar refractivity (Wildman–Crippen MR) is 107 cm³/mol. The Morgan fingerprint density at radius 1 is 0.962 bits per heavy atom. The van der Waals surface area contributed by atoms with Gasteiger partial charge in [-0.1, -0.05) is 42.5 Å². The molecule has 5 heteroatoms. The molecule has 2 N–H and O–H groups in total. The van der Waals surface area contributed by atoms with Crippen LogP contribution in [0.15, 0.2) is 54.6 Å². The number of para-hydroxylation sites is 1. The molecule has 2 aromatic carbocycles. The summed E-state index contributed by atoms with van der Waals surface area (Å²) in [4.78, 5) is 13.6. The van der Waals surface area contributed by atoms with Crippen molar-refractivity contribution in [3.8, 4) is 0 Å². The van der Waals surface area contributed by atoms with E-state index in [-0.39, 0.29) is 0 Å². The van der Waals surface area contributed by atoms with Crippen molar-refractivity contribution in [2.75, 3.05) is 50.0 Å². The molecule has 0 atom stereocenters. The predicted octanol–water partition coefficient (Wildman–Crippen LogP) is 1.62. The molecule has 0 radical (unpaired) electrons. The molecule has 1 aliphatic rings. The molecule has 0 amide bonds. The molecule has 1 saturated heterocycles. The summed E-state index contributed by atoms with van der Waals surface area (Å²) in [5.74, 6) is 1.78. The van der Waals surface area contributed by atoms with E-state index >= 15 is 0 Å². The van der Waals surface area contributed by atoms with Gasteiger partial charge >= 0.3 is 0 Å². The fraction of sp³-hybridized carbons (Fsp3) is 0.333. The normalized spacial score (nSPS) is 15.3. The van der Waals surface area contributed by atoms with Crippen LogP contribution in [0.4, 0.5) is 11.8 Å². The highest BCUT2D eigenvalue weighted by Crippen LogP contribution is 2.23. The summed E-state index contributed by atoms with van der Waals surface area (Å²) in [5.41, 5.74) is 2.34. The second-order valence-corrected chi connectivity index (χ2v) is 7.00. The number of hydrogen-bond donors (Lipinski definition) is 2. The molecule has 0 aliphatic carbocycles. The fourth-order valence-corrected chi connectivity index (χ4v) is 3.40. The van der Waals surface area contributed by atoms with Gasteiger partial charge in [-0.05, 0) is 24.1 Å². The molecular formula is C21H26N5+. The van der Waals surface area contributed by atoms with E-state index in [1.807, 2.05) is 12.1 Å². The van der Waals surface area contributed by atoms with Gasteiger partial charge in [-0.15, -0.1) is 0 Å². The summed E-state index contributed by atoms with van der Waals surface area (Å²) in [6.45, 7) is 5.14. The SMILES string of the molecule is C[NH+]1CCN(c2nc(NCCc3ccccc3)c3ccccc3n2)CC1. The van der Waals surface area contributed by atoms with Gasteiger partial charge in [-0.25, -0.2) is 4.98 Å². The van der Waals surface area contributed by atoms with Crippen LogP contribution < -0.4 is 15.1 Å². The highest BCUT2D eigenvalue weighted by molar-refractivity contribution is 5.90. The van der Waals surface area contributed by atoms with E-state index in [1.54, 1.807) is 4.90 Å². The number of likely N-dealkylation sites (N-methyl/N-ethyl adjacent to an activating group) is 1. The van der Waals surface area contributed by atoms with Gasteiger partial charge in [0.25, 0.3) is 0 Å². The fourth-order valence-electron chi connectivity index (χ4n) is 3.40. The third-order valence-electron chi connectivity index (χ3n) is 5.04. The molecule has 5 nitrogen and oxygen atoms in total. The monoisotopic (exact) mass is 348 g/mol. The third kappa shape index (κ3) is 3.78. The quantitative estimate of drug-likeness (QED) is 0.736. The molecule has 134 valence electrons. The number of piperazine rings is 1. The van der Waals surface area contributed by atoms with Crippen LogP contribution in [0.3, 0.4) is 0 Å². The molecule has 0 unspecified atom stereocenters. The lowest BCUT2D eigenvalue weighted by atomic mass is 10.1. The van der Waals surface area contributed by atoms with Crippen molar-refractivity contribution in [2.24, 2.45) is 0 Å². The summed E-state index contributed by atoms with van der Waals surface area (Å²) in [5, 5.41) is 4.63. The standard InChI is InChI=1S/C21H25N5/c1-25-13-15-26(16-14-25)21-23-19-10-6-5-9-18(19)20(24-21)22-12-11-17-7-3-2-4-8-17/h2-10H,11-16H2,1H3,(H,22,23,24)/p+1. The summed E-state index contributed by atoms with van der Waals surface area (Å²) < 4.78 is 0. The first-order chi connectivity index (χ1) is 12.8. The molecule has 0 spiro atoms. The minimum atomic E-state index is 0.846. The number of anilines is 2. The van der Waals surface area contributed by atoms with Crippen LogP contribution in [0.25, 0.3) is 10.9 Å². The smallest absolute Gasteiger partial charge is 0.228 e. The van der Waals surface area contributed by atoms with Crippen LogP contribution in [0.1, 0.15) is 5.56 Å². The highest BCUT2D eigenvalue weighted by atomic mass is 15.3. The number of aromatic nitrogens is 2. The first kappa shape index (κ1) is 16.8. The minimum absolute atomic E-state index is 0.846. The molecule has 0 saturated carbocycles. The summed E-state index contributed by atoms with van der Waals surface area (Å²) in [7, 11) is 2.25. The van der Waals surface area contributed by atoms with Crippen molar-refractivity contribution in [1.29, 1.82) is 0 Å². The largest absolute Gasteiger partial charge is 0.369 e. The van der Waals surface area contributed by atoms with Crippen LogP contribution in [-0.4, -0.2) is 49.7 Å². The van der Waals surface area contributed by atoms with Crippen molar-refractivity contribution in [2.45, 2.75) is 6.42 Å². The van der Waals surface area contributed by atoms with Crippen molar-refractivity contribution in [3.05, 3.63) is 60.2 Å². The van der Waals surface area contributed by atoms with Crippen LogP contribution >= 0.6 is 0 Å². The third-order valence-corrected chi connectivity index (χ3v) is 5.04. The van der Waals surface area contributed by atoms with Crippen LogP contribution in [-0.2, 0) is 6.42 Å². The molecule has 3 aromatic rings. The second-order valence-electron chi connectivity index (χ2n) is 7.00. The van der Waals surface area contributed by atoms with Crippen LogP contribution in [0.5, 0.6) is 0 Å². The molecular weight excluding hydrogens is 322 g/mol. The maximum atomic E-state index is 4.88. The highest BCUT2D eigenvalue weighted by Gasteiger charge is 2.20. The minimum Gasteiger partial charge on any atom is -0.369 e. The second kappa shape index (κ2) is 7.70. The Morgan fingerprint density at radius 2 is 1.69 bits per heavy atom. The topological polar surface area (TPSA) is 45.5 Å². The Balaban J connectivity index is 1.56. The lowest BCUT2D eigenvalue weighted by Gasteiger charge is -2.30. The molecule has 1 aromatic heterocycles. The lowest BCUT2D eigenvalue weighted by molar-refractivity contribution is -0.880. The molecule has 0 bridgehead atoms. The van der Waals surface area contributed by atoms with Gasteiger partial charge in [-0.3, -0.25) is 0 Å². The maximum Gasteiger partial charge on any atom is 0.228 e. The Hall–Kier alpha value is -2.66. The zero-order valence-electron chi connectivity index (χ0n) is 15.3. The molecule has 4 rings (SSSR count). The number of rotatable bonds is 5. The number of nitrogens with zero attached hydrogens (tertiary/aromatic N) is 3. The van der Waals surface area contributed by atoms with Gasteiger partial charge in [0.1, 0.15) is 5.82 Å². The van der Waals surface area contributed by atoms with Gasteiger partial charge in [0.15, 0.2) is 0 Å². The number of benzene rings is 2. The average molecular weight is 348 g/mol. The van der Waals surface area contributed by atoms with Gasteiger partial charge < -0.3 is 15.1 Å². The molecule has 1 fully saturated rings. The van der Waals surface area contributed by atoms with E-state index in [0.717, 1.165) is 61.8 Å². The van der Waals surface area contributed by atoms with Crippen LogP contribution in [0, 0.1) is 0 Å². The Morgan fingerprint density at radius 3 is 2.50 bits per heavy atom. The Bertz CT molecular complexity index is 857. The first-order valence-electron chi connectivity index (χ1n) is 9.40. The van der Waals surface area contributed by atoms with E-state index in [9.17, 15) is 0 Å². The van der Waals surface area contributed by atoms with Gasteiger partial charge in [-0.2, -0.15) is 4.98 Å². The Kier molecular flexibility index (Phi) is 4.97. The molecule has 26 heavy (non-hydrogen) atoms. The van der Waals surface area contributed by atoms with Crippen molar-refractivity contribution >= 4 is 22.7 Å². The lowest BCUT2D eigenvalue weighted by Crippen LogP contribution is -3.12. The van der Waals surface area contributed by atoms with E-state index in [0.29, 0.717) is 0 Å². The van der Waals surface area contributed by atoms with E-state index in [2.05, 4.69) is 59.7 Å². The molecule has 1 aliphatic heterocycles.